The van der Waals surface area contributed by atoms with E-state index in [1.165, 1.54) is 0 Å². The van der Waals surface area contributed by atoms with Gasteiger partial charge in [-0.2, -0.15) is 0 Å². The van der Waals surface area contributed by atoms with E-state index in [4.69, 9.17) is 16.0 Å². The van der Waals surface area contributed by atoms with Crippen molar-refractivity contribution < 1.29 is 9.21 Å². The Kier molecular flexibility index (Phi) is 2.28. The van der Waals surface area contributed by atoms with Crippen molar-refractivity contribution in [2.75, 3.05) is 0 Å². The molecule has 0 fully saturated rings. The van der Waals surface area contributed by atoms with Crippen molar-refractivity contribution in [2.24, 2.45) is 0 Å². The molecule has 2 rings (SSSR count). The predicted octanol–water partition coefficient (Wildman–Crippen LogP) is 2.20. The van der Waals surface area contributed by atoms with Crippen molar-refractivity contribution in [1.82, 2.24) is 10.2 Å². The van der Waals surface area contributed by atoms with E-state index >= 15 is 0 Å². The molecule has 0 radical (unpaired) electrons. The SMILES string of the molecule is O=Cc1nnc(-c2ccc(Cl)cc2)o1. The third-order valence-corrected chi connectivity index (χ3v) is 1.88. The second kappa shape index (κ2) is 3.59. The van der Waals surface area contributed by atoms with E-state index in [2.05, 4.69) is 10.2 Å². The molecule has 0 aliphatic rings. The van der Waals surface area contributed by atoms with Crippen LogP contribution in [0.3, 0.4) is 0 Å². The molecule has 4 nitrogen and oxygen atoms in total. The number of carbonyl (C=O) groups excluding carboxylic acids is 1. The first-order chi connectivity index (χ1) is 6.79. The minimum Gasteiger partial charge on any atom is -0.414 e. The molecule has 1 aromatic carbocycles. The Balaban J connectivity index is 2.39. The van der Waals surface area contributed by atoms with Crippen LogP contribution < -0.4 is 0 Å². The van der Waals surface area contributed by atoms with Gasteiger partial charge in [-0.25, -0.2) is 0 Å². The maximum atomic E-state index is 10.3. The normalized spacial score (nSPS) is 10.1. The van der Waals surface area contributed by atoms with Gasteiger partial charge in [0.25, 0.3) is 5.89 Å². The molecule has 0 saturated heterocycles. The fraction of sp³-hybridized carbons (Fsp3) is 0. The minimum absolute atomic E-state index is 0.0325. The van der Waals surface area contributed by atoms with Crippen molar-refractivity contribution in [3.63, 3.8) is 0 Å². The van der Waals surface area contributed by atoms with Crippen molar-refractivity contribution in [2.45, 2.75) is 0 Å². The second-order valence-corrected chi connectivity index (χ2v) is 3.01. The average molecular weight is 209 g/mol. The lowest BCUT2D eigenvalue weighted by atomic mass is 10.2. The van der Waals surface area contributed by atoms with Crippen LogP contribution in [0.1, 0.15) is 10.7 Å². The van der Waals surface area contributed by atoms with Gasteiger partial charge in [0.15, 0.2) is 0 Å². The average Bonchev–Trinajstić information content (AvgIpc) is 2.67. The second-order valence-electron chi connectivity index (χ2n) is 2.57. The Labute approximate surface area is 84.5 Å². The molecule has 0 aliphatic carbocycles. The summed E-state index contributed by atoms with van der Waals surface area (Å²) in [5, 5.41) is 7.84. The highest BCUT2D eigenvalue weighted by Crippen LogP contribution is 2.19. The zero-order chi connectivity index (χ0) is 9.97. The number of aromatic nitrogens is 2. The third kappa shape index (κ3) is 1.65. The fourth-order valence-electron chi connectivity index (χ4n) is 0.991. The summed E-state index contributed by atoms with van der Waals surface area (Å²) in [6.45, 7) is 0. The smallest absolute Gasteiger partial charge is 0.280 e. The van der Waals surface area contributed by atoms with Crippen molar-refractivity contribution in [3.8, 4) is 11.5 Å². The van der Waals surface area contributed by atoms with Crippen LogP contribution in [0.2, 0.25) is 5.02 Å². The maximum Gasteiger partial charge on any atom is 0.280 e. The topological polar surface area (TPSA) is 56.0 Å². The van der Waals surface area contributed by atoms with E-state index in [1.807, 2.05) is 0 Å². The quantitative estimate of drug-likeness (QED) is 0.710. The van der Waals surface area contributed by atoms with Gasteiger partial charge in [-0.1, -0.05) is 11.6 Å². The van der Waals surface area contributed by atoms with Crippen LogP contribution in [-0.2, 0) is 0 Å². The molecule has 0 saturated carbocycles. The first-order valence-corrected chi connectivity index (χ1v) is 4.22. The van der Waals surface area contributed by atoms with Gasteiger partial charge in [-0.3, -0.25) is 4.79 Å². The summed E-state index contributed by atoms with van der Waals surface area (Å²) in [6.07, 6.45) is 0.506. The molecule has 0 bridgehead atoms. The molecular formula is C9H5ClN2O2. The van der Waals surface area contributed by atoms with Gasteiger partial charge in [-0.15, -0.1) is 10.2 Å². The molecule has 70 valence electrons. The summed E-state index contributed by atoms with van der Waals surface area (Å²) < 4.78 is 5.03. The summed E-state index contributed by atoms with van der Waals surface area (Å²) >= 11 is 5.71. The standard InChI is InChI=1S/C9H5ClN2O2/c10-7-3-1-6(2-4-7)9-12-11-8(5-13)14-9/h1-5H. The molecule has 0 atom stereocenters. The first kappa shape index (κ1) is 8.90. The number of carbonyl (C=O) groups is 1. The summed E-state index contributed by atoms with van der Waals surface area (Å²) in [5.74, 6) is 0.277. The lowest BCUT2D eigenvalue weighted by Crippen LogP contribution is -1.76. The Morgan fingerprint density at radius 1 is 1.21 bits per heavy atom. The molecule has 5 heteroatoms. The molecule has 14 heavy (non-hydrogen) atoms. The predicted molar refractivity (Wildman–Crippen MR) is 50.1 cm³/mol. The lowest BCUT2D eigenvalue weighted by Gasteiger charge is -1.93. The van der Waals surface area contributed by atoms with Crippen LogP contribution in [-0.4, -0.2) is 16.5 Å². The minimum atomic E-state index is -0.0325. The number of halogens is 1. The van der Waals surface area contributed by atoms with Gasteiger partial charge in [-0.05, 0) is 24.3 Å². The largest absolute Gasteiger partial charge is 0.414 e. The molecule has 0 aliphatic heterocycles. The molecule has 0 N–H and O–H groups in total. The maximum absolute atomic E-state index is 10.3. The van der Waals surface area contributed by atoms with E-state index in [-0.39, 0.29) is 5.89 Å². The first-order valence-electron chi connectivity index (χ1n) is 3.84. The van der Waals surface area contributed by atoms with Crippen LogP contribution >= 0.6 is 11.6 Å². The van der Waals surface area contributed by atoms with E-state index in [9.17, 15) is 4.79 Å². The van der Waals surface area contributed by atoms with E-state index < -0.39 is 0 Å². The van der Waals surface area contributed by atoms with Gasteiger partial charge < -0.3 is 4.42 Å². The molecular weight excluding hydrogens is 204 g/mol. The number of nitrogens with zero attached hydrogens (tertiary/aromatic N) is 2. The van der Waals surface area contributed by atoms with Gasteiger partial charge in [0.2, 0.25) is 12.2 Å². The van der Waals surface area contributed by atoms with Crippen LogP contribution in [0.25, 0.3) is 11.5 Å². The summed E-state index contributed by atoms with van der Waals surface area (Å²) in [5.41, 5.74) is 0.731. The molecule has 0 amide bonds. The summed E-state index contributed by atoms with van der Waals surface area (Å²) in [6, 6.07) is 6.90. The Bertz CT molecular complexity index is 450. The highest BCUT2D eigenvalue weighted by molar-refractivity contribution is 6.30. The molecule has 2 aromatic rings. The Morgan fingerprint density at radius 2 is 1.93 bits per heavy atom. The number of benzene rings is 1. The molecule has 0 unspecified atom stereocenters. The highest BCUT2D eigenvalue weighted by Gasteiger charge is 2.06. The number of hydrogen-bond donors (Lipinski definition) is 0. The van der Waals surface area contributed by atoms with Crippen molar-refractivity contribution in [3.05, 3.63) is 35.2 Å². The Morgan fingerprint density at radius 3 is 2.50 bits per heavy atom. The van der Waals surface area contributed by atoms with E-state index in [0.29, 0.717) is 17.2 Å². The number of hydrogen-bond acceptors (Lipinski definition) is 4. The zero-order valence-electron chi connectivity index (χ0n) is 6.98. The van der Waals surface area contributed by atoms with Crippen LogP contribution in [0.5, 0.6) is 0 Å². The van der Waals surface area contributed by atoms with Gasteiger partial charge in [0.1, 0.15) is 0 Å². The number of rotatable bonds is 2. The zero-order valence-corrected chi connectivity index (χ0v) is 7.73. The monoisotopic (exact) mass is 208 g/mol. The van der Waals surface area contributed by atoms with Crippen molar-refractivity contribution >= 4 is 17.9 Å². The van der Waals surface area contributed by atoms with Gasteiger partial charge in [0.05, 0.1) is 0 Å². The lowest BCUT2D eigenvalue weighted by molar-refractivity contribution is 0.109. The fourth-order valence-corrected chi connectivity index (χ4v) is 1.12. The van der Waals surface area contributed by atoms with Crippen molar-refractivity contribution in [1.29, 1.82) is 0 Å². The molecule has 1 heterocycles. The van der Waals surface area contributed by atoms with Crippen LogP contribution in [0.4, 0.5) is 0 Å². The molecule has 1 aromatic heterocycles. The van der Waals surface area contributed by atoms with E-state index in [1.54, 1.807) is 24.3 Å². The molecule has 0 spiro atoms. The van der Waals surface area contributed by atoms with Gasteiger partial charge in [0, 0.05) is 10.6 Å². The highest BCUT2D eigenvalue weighted by atomic mass is 35.5. The third-order valence-electron chi connectivity index (χ3n) is 1.63. The number of aldehydes is 1. The Hall–Kier alpha value is -1.68. The van der Waals surface area contributed by atoms with Crippen LogP contribution in [0.15, 0.2) is 28.7 Å². The van der Waals surface area contributed by atoms with Crippen LogP contribution in [0, 0.1) is 0 Å². The van der Waals surface area contributed by atoms with Gasteiger partial charge >= 0.3 is 0 Å². The summed E-state index contributed by atoms with van der Waals surface area (Å²) in [7, 11) is 0. The van der Waals surface area contributed by atoms with E-state index in [0.717, 1.165) is 5.56 Å². The summed E-state index contributed by atoms with van der Waals surface area (Å²) in [4.78, 5) is 10.3.